The van der Waals surface area contributed by atoms with Crippen LogP contribution in [0.3, 0.4) is 0 Å². The number of hydrogen-bond acceptors (Lipinski definition) is 6. The van der Waals surface area contributed by atoms with E-state index in [1.54, 1.807) is 6.07 Å². The van der Waals surface area contributed by atoms with Crippen molar-refractivity contribution in [2.24, 2.45) is 0 Å². The van der Waals surface area contributed by atoms with Crippen molar-refractivity contribution < 1.29 is 9.62 Å². The summed E-state index contributed by atoms with van der Waals surface area (Å²) in [5, 5.41) is 25.3. The highest BCUT2D eigenvalue weighted by Crippen LogP contribution is 2.31. The number of rotatable bonds is 4. The highest BCUT2D eigenvalue weighted by atomic mass is 32.1. The fourth-order valence-corrected chi connectivity index (χ4v) is 3.35. The van der Waals surface area contributed by atoms with Gasteiger partial charge < -0.3 is 20.2 Å². The summed E-state index contributed by atoms with van der Waals surface area (Å²) in [4.78, 5) is 0.965. The van der Waals surface area contributed by atoms with Gasteiger partial charge in [0.25, 0.3) is 0 Å². The first kappa shape index (κ1) is 14.1. The number of hydrogen-bond donors (Lipinski definition) is 2. The topological polar surface area (TPSA) is 71.7 Å². The Morgan fingerprint density at radius 2 is 1.87 bits per heavy atom. The predicted molar refractivity (Wildman–Crippen MR) is 93.0 cm³/mol. The second-order valence-electron chi connectivity index (χ2n) is 5.18. The third kappa shape index (κ3) is 2.63. The molecule has 0 saturated heterocycles. The Hall–Kier alpha value is -2.54. The predicted octanol–water partition coefficient (Wildman–Crippen LogP) is 4.95. The van der Waals surface area contributed by atoms with Crippen molar-refractivity contribution >= 4 is 44.0 Å². The summed E-state index contributed by atoms with van der Waals surface area (Å²) in [5.74, 6) is 0. The number of benzene rings is 2. The molecule has 0 aliphatic carbocycles. The maximum absolute atomic E-state index is 10.8. The third-order valence-corrected chi connectivity index (χ3v) is 4.72. The SMILES string of the molecule is [O-]N(O)c1ccc(CNc2ccc3oc4ccccc4c3c2)s1. The smallest absolute Gasteiger partial charge is 0.135 e. The van der Waals surface area contributed by atoms with Crippen LogP contribution in [0.1, 0.15) is 4.88 Å². The van der Waals surface area contributed by atoms with Crippen LogP contribution >= 0.6 is 11.3 Å². The van der Waals surface area contributed by atoms with E-state index in [2.05, 4.69) is 11.4 Å². The van der Waals surface area contributed by atoms with Crippen molar-refractivity contribution in [3.8, 4) is 0 Å². The normalized spacial score (nSPS) is 11.2. The molecular formula is C17H13N2O3S-. The summed E-state index contributed by atoms with van der Waals surface area (Å²) >= 11 is 1.25. The van der Waals surface area contributed by atoms with Gasteiger partial charge in [0.2, 0.25) is 0 Å². The van der Waals surface area contributed by atoms with Crippen molar-refractivity contribution in [1.82, 2.24) is 0 Å². The number of nitrogens with zero attached hydrogens (tertiary/aromatic N) is 1. The van der Waals surface area contributed by atoms with Crippen LogP contribution in [0.4, 0.5) is 10.7 Å². The number of anilines is 2. The zero-order valence-corrected chi connectivity index (χ0v) is 12.8. The van der Waals surface area contributed by atoms with E-state index >= 15 is 0 Å². The van der Waals surface area contributed by atoms with Gasteiger partial charge in [-0.05, 0) is 36.4 Å². The highest BCUT2D eigenvalue weighted by Gasteiger charge is 2.07. The zero-order chi connectivity index (χ0) is 15.8. The van der Waals surface area contributed by atoms with E-state index < -0.39 is 0 Å². The Morgan fingerprint density at radius 1 is 1.04 bits per heavy atom. The van der Waals surface area contributed by atoms with Gasteiger partial charge in [0.1, 0.15) is 16.2 Å². The Bertz CT molecular complexity index is 974. The highest BCUT2D eigenvalue weighted by molar-refractivity contribution is 7.16. The summed E-state index contributed by atoms with van der Waals surface area (Å²) in [6.45, 7) is 0.583. The molecule has 0 saturated carbocycles. The molecule has 2 aromatic carbocycles. The summed E-state index contributed by atoms with van der Waals surface area (Å²) < 4.78 is 5.81. The van der Waals surface area contributed by atoms with Crippen LogP contribution in [0.25, 0.3) is 21.9 Å². The second kappa shape index (κ2) is 5.58. The molecule has 0 atom stereocenters. The minimum absolute atomic E-state index is 0.113. The molecule has 0 fully saturated rings. The summed E-state index contributed by atoms with van der Waals surface area (Å²) in [5.41, 5.74) is 2.71. The minimum atomic E-state index is -0.113. The molecule has 23 heavy (non-hydrogen) atoms. The van der Waals surface area contributed by atoms with Gasteiger partial charge in [0.15, 0.2) is 0 Å². The van der Waals surface area contributed by atoms with Gasteiger partial charge in [-0.2, -0.15) is 0 Å². The maximum Gasteiger partial charge on any atom is 0.135 e. The Balaban J connectivity index is 1.60. The lowest BCUT2D eigenvalue weighted by Crippen LogP contribution is -2.04. The van der Waals surface area contributed by atoms with E-state index in [-0.39, 0.29) is 10.2 Å². The van der Waals surface area contributed by atoms with Crippen LogP contribution in [0.15, 0.2) is 59.0 Å². The van der Waals surface area contributed by atoms with Crippen LogP contribution in [0, 0.1) is 5.21 Å². The number of furan rings is 1. The van der Waals surface area contributed by atoms with Gasteiger partial charge in [-0.25, -0.2) is 0 Å². The van der Waals surface area contributed by atoms with Crippen LogP contribution in [0.5, 0.6) is 0 Å². The molecular weight excluding hydrogens is 312 g/mol. The standard InChI is InChI=1S/C17H13N2O3S/c20-19(21)17-8-6-12(23-17)10-18-11-5-7-16-14(9-11)13-3-1-2-4-15(13)22-16/h1-9,18,20H,10H2/q-1. The Labute approximate surface area is 135 Å². The molecule has 0 unspecified atom stereocenters. The van der Waals surface area contributed by atoms with E-state index in [1.807, 2.05) is 42.5 Å². The van der Waals surface area contributed by atoms with Crippen LogP contribution in [0.2, 0.25) is 0 Å². The molecule has 4 rings (SSSR count). The number of thiophene rings is 1. The van der Waals surface area contributed by atoms with Crippen LogP contribution in [-0.2, 0) is 6.54 Å². The van der Waals surface area contributed by atoms with Gasteiger partial charge in [-0.1, -0.05) is 18.2 Å². The van der Waals surface area contributed by atoms with E-state index in [9.17, 15) is 5.21 Å². The molecule has 0 radical (unpaired) electrons. The molecule has 0 amide bonds. The second-order valence-corrected chi connectivity index (χ2v) is 6.32. The van der Waals surface area contributed by atoms with E-state index in [0.29, 0.717) is 6.54 Å². The maximum atomic E-state index is 10.8. The molecule has 2 aromatic heterocycles. The summed E-state index contributed by atoms with van der Waals surface area (Å²) in [6.07, 6.45) is 0. The van der Waals surface area contributed by atoms with Gasteiger partial charge in [-0.3, -0.25) is 5.21 Å². The average Bonchev–Trinajstić information content (AvgIpc) is 3.17. The third-order valence-electron chi connectivity index (χ3n) is 3.68. The molecule has 116 valence electrons. The van der Waals surface area contributed by atoms with E-state index in [4.69, 9.17) is 9.62 Å². The van der Waals surface area contributed by atoms with Crippen molar-refractivity contribution in [2.45, 2.75) is 6.54 Å². The molecule has 0 spiro atoms. The Morgan fingerprint density at radius 3 is 2.70 bits per heavy atom. The lowest BCUT2D eigenvalue weighted by atomic mass is 10.1. The molecule has 6 heteroatoms. The van der Waals surface area contributed by atoms with Gasteiger partial charge >= 0.3 is 0 Å². The number of nitrogens with one attached hydrogen (secondary N) is 1. The Kier molecular flexibility index (Phi) is 3.42. The quantitative estimate of drug-likeness (QED) is 0.519. The lowest BCUT2D eigenvalue weighted by Gasteiger charge is -2.18. The van der Waals surface area contributed by atoms with Gasteiger partial charge in [-0.15, -0.1) is 11.3 Å². The van der Waals surface area contributed by atoms with Crippen molar-refractivity contribution in [2.75, 3.05) is 10.5 Å². The number of fused-ring (bicyclic) bond motifs is 3. The first-order chi connectivity index (χ1) is 11.2. The molecule has 0 aliphatic heterocycles. The fraction of sp³-hybridized carbons (Fsp3) is 0.0588. The fourth-order valence-electron chi connectivity index (χ4n) is 2.59. The first-order valence-electron chi connectivity index (χ1n) is 7.11. The molecule has 0 aliphatic rings. The lowest BCUT2D eigenvalue weighted by molar-refractivity contribution is 0.299. The number of para-hydroxylation sites is 1. The zero-order valence-electron chi connectivity index (χ0n) is 12.0. The molecule has 0 bridgehead atoms. The minimum Gasteiger partial charge on any atom is -0.733 e. The molecule has 4 aromatic rings. The molecule has 2 heterocycles. The molecule has 2 N–H and O–H groups in total. The largest absolute Gasteiger partial charge is 0.733 e. The van der Waals surface area contributed by atoms with Crippen molar-refractivity contribution in [1.29, 1.82) is 0 Å². The van der Waals surface area contributed by atoms with Crippen molar-refractivity contribution in [3.63, 3.8) is 0 Å². The van der Waals surface area contributed by atoms with Crippen LogP contribution < -0.4 is 10.5 Å². The average molecular weight is 325 g/mol. The van der Waals surface area contributed by atoms with E-state index in [0.717, 1.165) is 32.5 Å². The summed E-state index contributed by atoms with van der Waals surface area (Å²) in [6, 6.07) is 17.3. The van der Waals surface area contributed by atoms with Crippen LogP contribution in [-0.4, -0.2) is 5.21 Å². The van der Waals surface area contributed by atoms with Crippen molar-refractivity contribution in [3.05, 3.63) is 64.7 Å². The molecule has 5 nitrogen and oxygen atoms in total. The summed E-state index contributed by atoms with van der Waals surface area (Å²) in [7, 11) is 0. The van der Waals surface area contributed by atoms with Gasteiger partial charge in [0.05, 0.1) is 0 Å². The van der Waals surface area contributed by atoms with E-state index in [1.165, 1.54) is 11.3 Å². The first-order valence-corrected chi connectivity index (χ1v) is 7.92. The van der Waals surface area contributed by atoms with Gasteiger partial charge in [0, 0.05) is 27.9 Å². The monoisotopic (exact) mass is 325 g/mol.